The van der Waals surface area contributed by atoms with Crippen molar-refractivity contribution in [3.63, 3.8) is 0 Å². The Morgan fingerprint density at radius 1 is 1.18 bits per heavy atom. The van der Waals surface area contributed by atoms with E-state index in [2.05, 4.69) is 10.3 Å². The van der Waals surface area contributed by atoms with Gasteiger partial charge in [-0.3, -0.25) is 9.59 Å². The second-order valence-electron chi connectivity index (χ2n) is 4.79. The highest BCUT2D eigenvalue weighted by Crippen LogP contribution is 2.19. The fraction of sp³-hybridized carbons (Fsp3) is 0.188. The van der Waals surface area contributed by atoms with Gasteiger partial charge in [-0.05, 0) is 36.6 Å². The van der Waals surface area contributed by atoms with E-state index in [1.807, 2.05) is 6.26 Å². The molecule has 1 N–H and O–H groups in total. The molecule has 1 heterocycles. The zero-order chi connectivity index (χ0) is 16.1. The van der Waals surface area contributed by atoms with Crippen LogP contribution < -0.4 is 5.32 Å². The monoisotopic (exact) mass is 315 g/mol. The van der Waals surface area contributed by atoms with E-state index >= 15 is 0 Å². The lowest BCUT2D eigenvalue weighted by atomic mass is 10.1. The van der Waals surface area contributed by atoms with Crippen LogP contribution in [0.15, 0.2) is 47.6 Å². The van der Waals surface area contributed by atoms with Crippen LogP contribution in [0.2, 0.25) is 0 Å². The van der Waals surface area contributed by atoms with Crippen LogP contribution in [0.4, 0.5) is 5.69 Å². The molecule has 1 aromatic carbocycles. The molecule has 0 spiro atoms. The number of pyridine rings is 1. The van der Waals surface area contributed by atoms with E-state index in [0.717, 1.165) is 0 Å². The van der Waals surface area contributed by atoms with Gasteiger partial charge in [0.2, 0.25) is 0 Å². The molecule has 6 heteroatoms. The smallest absolute Gasteiger partial charge is 0.258 e. The third-order valence-electron chi connectivity index (χ3n) is 2.98. The Kier molecular flexibility index (Phi) is 5.16. The number of carbonyl (C=O) groups is 2. The highest BCUT2D eigenvalue weighted by molar-refractivity contribution is 7.98. The molecule has 114 valence electrons. The molecule has 0 aliphatic carbocycles. The zero-order valence-corrected chi connectivity index (χ0v) is 13.5. The summed E-state index contributed by atoms with van der Waals surface area (Å²) in [5, 5.41) is 3.47. The van der Waals surface area contributed by atoms with Crippen molar-refractivity contribution in [2.24, 2.45) is 0 Å². The van der Waals surface area contributed by atoms with E-state index in [4.69, 9.17) is 0 Å². The van der Waals surface area contributed by atoms with E-state index in [1.165, 1.54) is 16.7 Å². The number of hydrogen-bond acceptors (Lipinski definition) is 4. The van der Waals surface area contributed by atoms with Crippen LogP contribution in [-0.4, -0.2) is 42.0 Å². The van der Waals surface area contributed by atoms with Gasteiger partial charge in [0.25, 0.3) is 11.8 Å². The van der Waals surface area contributed by atoms with Gasteiger partial charge in [0.05, 0.1) is 5.56 Å². The molecule has 0 aliphatic heterocycles. The molecule has 2 rings (SSSR count). The Morgan fingerprint density at radius 2 is 1.95 bits per heavy atom. The summed E-state index contributed by atoms with van der Waals surface area (Å²) in [5.74, 6) is -0.353. The third kappa shape index (κ3) is 3.65. The van der Waals surface area contributed by atoms with Gasteiger partial charge in [0.1, 0.15) is 5.03 Å². The molecule has 22 heavy (non-hydrogen) atoms. The summed E-state index contributed by atoms with van der Waals surface area (Å²) in [5.41, 5.74) is 1.62. The van der Waals surface area contributed by atoms with Crippen molar-refractivity contribution in [3.05, 3.63) is 53.7 Å². The first kappa shape index (κ1) is 16.0. The first-order chi connectivity index (χ1) is 10.5. The van der Waals surface area contributed by atoms with Crippen LogP contribution >= 0.6 is 11.8 Å². The van der Waals surface area contributed by atoms with E-state index in [-0.39, 0.29) is 11.8 Å². The first-order valence-electron chi connectivity index (χ1n) is 6.65. The Morgan fingerprint density at radius 3 is 2.64 bits per heavy atom. The molecule has 0 unspecified atom stereocenters. The van der Waals surface area contributed by atoms with Gasteiger partial charge in [0, 0.05) is 31.5 Å². The van der Waals surface area contributed by atoms with Crippen LogP contribution in [0.3, 0.4) is 0 Å². The minimum Gasteiger partial charge on any atom is -0.345 e. The Balaban J connectivity index is 2.22. The topological polar surface area (TPSA) is 62.3 Å². The van der Waals surface area contributed by atoms with Crippen molar-refractivity contribution in [1.29, 1.82) is 0 Å². The molecule has 0 bridgehead atoms. The first-order valence-corrected chi connectivity index (χ1v) is 7.87. The van der Waals surface area contributed by atoms with Crippen molar-refractivity contribution in [1.82, 2.24) is 9.88 Å². The number of benzene rings is 1. The van der Waals surface area contributed by atoms with Gasteiger partial charge in [-0.15, -0.1) is 11.8 Å². The lowest BCUT2D eigenvalue weighted by molar-refractivity contribution is 0.0827. The van der Waals surface area contributed by atoms with Gasteiger partial charge in [-0.2, -0.15) is 0 Å². The molecule has 0 saturated carbocycles. The summed E-state index contributed by atoms with van der Waals surface area (Å²) in [4.78, 5) is 30.0. The van der Waals surface area contributed by atoms with E-state index < -0.39 is 0 Å². The normalized spacial score (nSPS) is 10.1. The van der Waals surface area contributed by atoms with Crippen LogP contribution in [0.25, 0.3) is 0 Å². The number of thioether (sulfide) groups is 1. The average Bonchev–Trinajstić information content (AvgIpc) is 2.54. The lowest BCUT2D eigenvalue weighted by Gasteiger charge is -2.12. The fourth-order valence-corrected chi connectivity index (χ4v) is 2.46. The number of anilines is 1. The van der Waals surface area contributed by atoms with Crippen LogP contribution in [0.5, 0.6) is 0 Å². The second-order valence-corrected chi connectivity index (χ2v) is 5.59. The van der Waals surface area contributed by atoms with E-state index in [9.17, 15) is 9.59 Å². The van der Waals surface area contributed by atoms with Crippen LogP contribution in [0.1, 0.15) is 20.7 Å². The standard InChI is InChI=1S/C16H17N3O2S/c1-19(2)16(21)11-6-4-7-12(10-11)18-14(20)13-8-5-9-17-15(13)22-3/h4-10H,1-3H3,(H,18,20). The van der Waals surface area contributed by atoms with E-state index in [1.54, 1.807) is 56.7 Å². The van der Waals surface area contributed by atoms with Gasteiger partial charge in [0.15, 0.2) is 0 Å². The molecule has 5 nitrogen and oxygen atoms in total. The Bertz CT molecular complexity index is 701. The average molecular weight is 315 g/mol. The molecule has 0 atom stereocenters. The Labute approximate surface area is 133 Å². The predicted octanol–water partition coefficient (Wildman–Crippen LogP) is 2.76. The van der Waals surface area contributed by atoms with Crippen molar-refractivity contribution in [3.8, 4) is 0 Å². The number of nitrogens with zero attached hydrogens (tertiary/aromatic N) is 2. The van der Waals surface area contributed by atoms with Gasteiger partial charge in [-0.1, -0.05) is 6.07 Å². The SMILES string of the molecule is CSc1ncccc1C(=O)Nc1cccc(C(=O)N(C)C)c1. The van der Waals surface area contributed by atoms with Gasteiger partial charge < -0.3 is 10.2 Å². The Hall–Kier alpha value is -2.34. The second kappa shape index (κ2) is 7.09. The molecule has 0 radical (unpaired) electrons. The van der Waals surface area contributed by atoms with Crippen molar-refractivity contribution < 1.29 is 9.59 Å². The highest BCUT2D eigenvalue weighted by Gasteiger charge is 2.13. The summed E-state index contributed by atoms with van der Waals surface area (Å²) in [6.07, 6.45) is 3.52. The molecular weight excluding hydrogens is 298 g/mol. The highest BCUT2D eigenvalue weighted by atomic mass is 32.2. The number of amides is 2. The number of nitrogens with one attached hydrogen (secondary N) is 1. The van der Waals surface area contributed by atoms with Gasteiger partial charge >= 0.3 is 0 Å². The van der Waals surface area contributed by atoms with Crippen LogP contribution in [0, 0.1) is 0 Å². The minimum absolute atomic E-state index is 0.109. The summed E-state index contributed by atoms with van der Waals surface area (Å²) in [6.45, 7) is 0. The van der Waals surface area contributed by atoms with E-state index in [0.29, 0.717) is 21.8 Å². The summed E-state index contributed by atoms with van der Waals surface area (Å²) < 4.78 is 0. The number of rotatable bonds is 4. The molecule has 2 aromatic rings. The zero-order valence-electron chi connectivity index (χ0n) is 12.7. The van der Waals surface area contributed by atoms with Crippen molar-refractivity contribution in [2.75, 3.05) is 25.7 Å². The summed E-state index contributed by atoms with van der Waals surface area (Å²) in [7, 11) is 3.38. The molecule has 2 amide bonds. The predicted molar refractivity (Wildman–Crippen MR) is 88.4 cm³/mol. The summed E-state index contributed by atoms with van der Waals surface area (Å²) in [6, 6.07) is 10.3. The largest absolute Gasteiger partial charge is 0.345 e. The molecule has 0 aliphatic rings. The maximum absolute atomic E-state index is 12.3. The van der Waals surface area contributed by atoms with Crippen molar-refractivity contribution in [2.45, 2.75) is 5.03 Å². The maximum atomic E-state index is 12.3. The molecule has 1 aromatic heterocycles. The van der Waals surface area contributed by atoms with Crippen LogP contribution in [-0.2, 0) is 0 Å². The molecule has 0 fully saturated rings. The maximum Gasteiger partial charge on any atom is 0.258 e. The van der Waals surface area contributed by atoms with Crippen molar-refractivity contribution >= 4 is 29.3 Å². The number of aromatic nitrogens is 1. The molecular formula is C16H17N3O2S. The third-order valence-corrected chi connectivity index (χ3v) is 3.69. The minimum atomic E-state index is -0.244. The van der Waals surface area contributed by atoms with Gasteiger partial charge in [-0.25, -0.2) is 4.98 Å². The fourth-order valence-electron chi connectivity index (χ4n) is 1.91. The lowest BCUT2D eigenvalue weighted by Crippen LogP contribution is -2.22. The number of carbonyl (C=O) groups excluding carboxylic acids is 2. The number of hydrogen-bond donors (Lipinski definition) is 1. The summed E-state index contributed by atoms with van der Waals surface area (Å²) >= 11 is 1.41. The quantitative estimate of drug-likeness (QED) is 0.881. The molecule has 0 saturated heterocycles.